The summed E-state index contributed by atoms with van der Waals surface area (Å²) >= 11 is 3.26. The number of halogens is 1. The van der Waals surface area contributed by atoms with Crippen LogP contribution in [-0.4, -0.2) is 9.55 Å². The van der Waals surface area contributed by atoms with Gasteiger partial charge >= 0.3 is 0 Å². The lowest BCUT2D eigenvalue weighted by Crippen LogP contribution is -2.04. The van der Waals surface area contributed by atoms with Crippen LogP contribution in [-0.2, 0) is 0 Å². The van der Waals surface area contributed by atoms with Gasteiger partial charge in [0.15, 0.2) is 0 Å². The number of imidazole rings is 1. The van der Waals surface area contributed by atoms with E-state index in [-0.39, 0.29) is 4.83 Å². The summed E-state index contributed by atoms with van der Waals surface area (Å²) in [6.07, 6.45) is 3.45. The molecule has 0 aliphatic rings. The highest BCUT2D eigenvalue weighted by molar-refractivity contribution is 9.09. The van der Waals surface area contributed by atoms with E-state index in [1.807, 2.05) is 4.57 Å². The lowest BCUT2D eigenvalue weighted by atomic mass is 10.3. The van der Waals surface area contributed by atoms with Gasteiger partial charge in [-0.3, -0.25) is 0 Å². The molecule has 0 bridgehead atoms. The van der Waals surface area contributed by atoms with Gasteiger partial charge < -0.3 is 4.57 Å². The highest BCUT2D eigenvalue weighted by Crippen LogP contribution is 2.23. The number of rotatable bonds is 2. The van der Waals surface area contributed by atoms with Crippen LogP contribution in [0.5, 0.6) is 0 Å². The van der Waals surface area contributed by atoms with Gasteiger partial charge in [-0.2, -0.15) is 5.26 Å². The van der Waals surface area contributed by atoms with Crippen LogP contribution >= 0.6 is 15.9 Å². The Hall–Kier alpha value is -0.820. The molecule has 0 aromatic carbocycles. The molecule has 0 saturated heterocycles. The number of aromatic nitrogens is 2. The fraction of sp³-hybridized carbons (Fsp3) is 0.500. The van der Waals surface area contributed by atoms with Crippen molar-refractivity contribution in [2.24, 2.45) is 0 Å². The second kappa shape index (κ2) is 3.72. The van der Waals surface area contributed by atoms with E-state index in [0.717, 1.165) is 5.69 Å². The van der Waals surface area contributed by atoms with E-state index >= 15 is 0 Å². The van der Waals surface area contributed by atoms with Crippen LogP contribution in [0.2, 0.25) is 0 Å². The average Bonchev–Trinajstić information content (AvgIpc) is 2.50. The van der Waals surface area contributed by atoms with Crippen molar-refractivity contribution in [2.75, 3.05) is 0 Å². The van der Waals surface area contributed by atoms with E-state index in [4.69, 9.17) is 5.26 Å². The highest BCUT2D eigenvalue weighted by atomic mass is 79.9. The number of nitrogens with zero attached hydrogens (tertiary/aromatic N) is 3. The number of nitriles is 1. The summed E-state index contributed by atoms with van der Waals surface area (Å²) in [7, 11) is 0. The van der Waals surface area contributed by atoms with E-state index in [9.17, 15) is 0 Å². The third kappa shape index (κ3) is 1.67. The maximum Gasteiger partial charge on any atom is 0.143 e. The Morgan fingerprint density at radius 1 is 1.67 bits per heavy atom. The first-order valence-corrected chi connectivity index (χ1v) is 4.63. The van der Waals surface area contributed by atoms with Gasteiger partial charge in [0.05, 0.1) is 24.3 Å². The summed E-state index contributed by atoms with van der Waals surface area (Å²) < 4.78 is 1.97. The summed E-state index contributed by atoms with van der Waals surface area (Å²) in [5, 5.41) is 8.67. The zero-order valence-corrected chi connectivity index (χ0v) is 8.62. The molecule has 1 rings (SSSR count). The lowest BCUT2D eigenvalue weighted by molar-refractivity contribution is 0.580. The first-order chi connectivity index (χ1) is 5.66. The molecule has 0 saturated carbocycles. The molecule has 12 heavy (non-hydrogen) atoms. The number of hydrogen-bond donors (Lipinski definition) is 0. The molecule has 0 radical (unpaired) electrons. The van der Waals surface area contributed by atoms with Gasteiger partial charge in [-0.05, 0) is 13.8 Å². The minimum Gasteiger partial charge on any atom is -0.330 e. The second-order valence-electron chi connectivity index (χ2n) is 2.81. The predicted molar refractivity (Wildman–Crippen MR) is 49.9 cm³/mol. The summed E-state index contributed by atoms with van der Waals surface area (Å²) in [5.41, 5.74) is 0.910. The Bertz CT molecular complexity index is 297. The second-order valence-corrected chi connectivity index (χ2v) is 3.73. The number of alkyl halides is 1. The topological polar surface area (TPSA) is 41.6 Å². The molecule has 1 aromatic rings. The van der Waals surface area contributed by atoms with E-state index in [1.165, 1.54) is 0 Å². The Morgan fingerprint density at radius 3 is 2.83 bits per heavy atom. The van der Waals surface area contributed by atoms with Crippen molar-refractivity contribution in [1.82, 2.24) is 9.55 Å². The highest BCUT2D eigenvalue weighted by Gasteiger charge is 2.12. The molecule has 0 amide bonds. The van der Waals surface area contributed by atoms with Crippen molar-refractivity contribution < 1.29 is 0 Å². The third-order valence-corrected chi connectivity index (χ3v) is 2.30. The van der Waals surface area contributed by atoms with Gasteiger partial charge in [-0.15, -0.1) is 0 Å². The van der Waals surface area contributed by atoms with E-state index < -0.39 is 0 Å². The van der Waals surface area contributed by atoms with Crippen molar-refractivity contribution >= 4 is 15.9 Å². The van der Waals surface area contributed by atoms with Crippen LogP contribution in [0.15, 0.2) is 12.5 Å². The maximum absolute atomic E-state index is 8.67. The Balaban J connectivity index is 3.01. The van der Waals surface area contributed by atoms with E-state index in [2.05, 4.69) is 40.8 Å². The quantitative estimate of drug-likeness (QED) is 0.729. The molecule has 1 unspecified atom stereocenters. The average molecular weight is 228 g/mol. The van der Waals surface area contributed by atoms with E-state index in [0.29, 0.717) is 6.04 Å². The largest absolute Gasteiger partial charge is 0.330 e. The smallest absolute Gasteiger partial charge is 0.143 e. The molecule has 64 valence electrons. The van der Waals surface area contributed by atoms with Crippen LogP contribution in [0.4, 0.5) is 0 Å². The van der Waals surface area contributed by atoms with Crippen LogP contribution in [0.25, 0.3) is 0 Å². The molecular formula is C8H10BrN3. The molecule has 4 heteroatoms. The van der Waals surface area contributed by atoms with E-state index in [1.54, 1.807) is 12.5 Å². The molecule has 0 aliphatic carbocycles. The van der Waals surface area contributed by atoms with Crippen molar-refractivity contribution in [3.05, 3.63) is 18.2 Å². The zero-order valence-electron chi connectivity index (χ0n) is 7.03. The van der Waals surface area contributed by atoms with Crippen LogP contribution in [0.1, 0.15) is 30.4 Å². The van der Waals surface area contributed by atoms with Crippen LogP contribution in [0, 0.1) is 11.3 Å². The summed E-state index contributed by atoms with van der Waals surface area (Å²) in [6, 6.07) is 2.46. The normalized spacial score (nSPS) is 12.9. The van der Waals surface area contributed by atoms with Gasteiger partial charge in [0.25, 0.3) is 0 Å². The predicted octanol–water partition coefficient (Wildman–Crippen LogP) is 2.42. The molecule has 0 spiro atoms. The van der Waals surface area contributed by atoms with Crippen molar-refractivity contribution in [1.29, 1.82) is 5.26 Å². The minimum atomic E-state index is -0.262. The fourth-order valence-corrected chi connectivity index (χ4v) is 1.36. The Kier molecular flexibility index (Phi) is 2.88. The van der Waals surface area contributed by atoms with Crippen molar-refractivity contribution in [3.63, 3.8) is 0 Å². The summed E-state index contributed by atoms with van der Waals surface area (Å²) in [6.45, 7) is 4.12. The molecule has 1 aromatic heterocycles. The Labute approximate surface area is 80.2 Å². The Morgan fingerprint density at radius 2 is 2.33 bits per heavy atom. The third-order valence-electron chi connectivity index (χ3n) is 1.63. The lowest BCUT2D eigenvalue weighted by Gasteiger charge is -2.11. The maximum atomic E-state index is 8.67. The zero-order chi connectivity index (χ0) is 9.14. The molecular weight excluding hydrogens is 218 g/mol. The monoisotopic (exact) mass is 227 g/mol. The standard InChI is InChI=1S/C8H10BrN3/c1-6(2)12-5-11-4-8(12)7(9)3-10/h4-7H,1-2H3. The minimum absolute atomic E-state index is 0.262. The molecule has 3 nitrogen and oxygen atoms in total. The van der Waals surface area contributed by atoms with Crippen LogP contribution < -0.4 is 0 Å². The SMILES string of the molecule is CC(C)n1cncc1C(Br)C#N. The van der Waals surface area contributed by atoms with Crippen LogP contribution in [0.3, 0.4) is 0 Å². The van der Waals surface area contributed by atoms with Gasteiger partial charge in [0, 0.05) is 6.04 Å². The first-order valence-electron chi connectivity index (χ1n) is 3.72. The fourth-order valence-electron chi connectivity index (χ4n) is 1.01. The van der Waals surface area contributed by atoms with Crippen molar-refractivity contribution in [3.8, 4) is 6.07 Å². The summed E-state index contributed by atoms with van der Waals surface area (Å²) in [5.74, 6) is 0. The molecule has 0 aliphatic heterocycles. The molecule has 1 heterocycles. The van der Waals surface area contributed by atoms with Gasteiger partial charge in [0.1, 0.15) is 4.83 Å². The van der Waals surface area contributed by atoms with Gasteiger partial charge in [-0.1, -0.05) is 15.9 Å². The molecule has 1 atom stereocenters. The first kappa shape index (κ1) is 9.27. The van der Waals surface area contributed by atoms with Crippen molar-refractivity contribution in [2.45, 2.75) is 24.7 Å². The molecule has 0 N–H and O–H groups in total. The summed E-state index contributed by atoms with van der Waals surface area (Å²) in [4.78, 5) is 3.73. The van der Waals surface area contributed by atoms with Gasteiger partial charge in [0.2, 0.25) is 0 Å². The molecule has 0 fully saturated rings. The van der Waals surface area contributed by atoms with Gasteiger partial charge in [-0.25, -0.2) is 4.98 Å². The number of hydrogen-bond acceptors (Lipinski definition) is 2.